The van der Waals surface area contributed by atoms with Crippen molar-refractivity contribution in [1.82, 2.24) is 0 Å². The van der Waals surface area contributed by atoms with E-state index in [-0.39, 0.29) is 10.6 Å². The zero-order valence-electron chi connectivity index (χ0n) is 11.1. The van der Waals surface area contributed by atoms with E-state index < -0.39 is 28.6 Å². The Morgan fingerprint density at radius 2 is 1.95 bits per heavy atom. The molecular formula is C14H16F2N2OS. The summed E-state index contributed by atoms with van der Waals surface area (Å²) >= 11 is 4.98. The highest BCUT2D eigenvalue weighted by Gasteiger charge is 2.44. The van der Waals surface area contributed by atoms with Gasteiger partial charge in [-0.3, -0.25) is 4.79 Å². The second kappa shape index (κ2) is 5.44. The Morgan fingerprint density at radius 3 is 2.50 bits per heavy atom. The van der Waals surface area contributed by atoms with Crippen LogP contribution in [0.3, 0.4) is 0 Å². The number of nitrogens with two attached hydrogens (primary N) is 1. The molecule has 1 aromatic rings. The third-order valence-electron chi connectivity index (χ3n) is 3.89. The highest BCUT2D eigenvalue weighted by Crippen LogP contribution is 2.40. The lowest BCUT2D eigenvalue weighted by molar-refractivity contribution is -0.122. The van der Waals surface area contributed by atoms with Crippen molar-refractivity contribution in [3.63, 3.8) is 0 Å². The Bertz CT molecular complexity index is 569. The molecule has 0 atom stereocenters. The fourth-order valence-electron chi connectivity index (χ4n) is 2.57. The zero-order chi connectivity index (χ0) is 14.9. The lowest BCUT2D eigenvalue weighted by Crippen LogP contribution is -2.44. The van der Waals surface area contributed by atoms with E-state index in [9.17, 15) is 13.6 Å². The molecule has 1 aliphatic carbocycles. The van der Waals surface area contributed by atoms with Gasteiger partial charge in [0.25, 0.3) is 0 Å². The van der Waals surface area contributed by atoms with Crippen molar-refractivity contribution in [1.29, 1.82) is 0 Å². The summed E-state index contributed by atoms with van der Waals surface area (Å²) in [6, 6.07) is 2.44. The SMILES string of the molecule is Cc1ccc(F)c(NC(=O)C2(C(N)=S)CCCC2)c1F. The number of rotatable bonds is 3. The topological polar surface area (TPSA) is 55.1 Å². The number of nitrogens with one attached hydrogen (secondary N) is 1. The van der Waals surface area contributed by atoms with Gasteiger partial charge in [-0.25, -0.2) is 8.78 Å². The molecule has 1 aliphatic rings. The summed E-state index contributed by atoms with van der Waals surface area (Å²) in [5.74, 6) is -2.10. The first-order chi connectivity index (χ1) is 9.38. The summed E-state index contributed by atoms with van der Waals surface area (Å²) < 4.78 is 27.6. The molecule has 20 heavy (non-hydrogen) atoms. The van der Waals surface area contributed by atoms with Gasteiger partial charge in [0.2, 0.25) is 5.91 Å². The van der Waals surface area contributed by atoms with E-state index in [1.807, 2.05) is 0 Å². The van der Waals surface area contributed by atoms with Crippen LogP contribution in [0.2, 0.25) is 0 Å². The smallest absolute Gasteiger partial charge is 0.237 e. The highest BCUT2D eigenvalue weighted by atomic mass is 32.1. The maximum Gasteiger partial charge on any atom is 0.237 e. The molecule has 2 rings (SSSR count). The molecule has 0 spiro atoms. The molecule has 0 bridgehead atoms. The number of thiocarbonyl (C=S) groups is 1. The average Bonchev–Trinajstić information content (AvgIpc) is 2.90. The van der Waals surface area contributed by atoms with Crippen LogP contribution >= 0.6 is 12.2 Å². The predicted molar refractivity (Wildman–Crippen MR) is 77.4 cm³/mol. The maximum absolute atomic E-state index is 13.9. The van der Waals surface area contributed by atoms with Crippen LogP contribution in [0.1, 0.15) is 31.2 Å². The van der Waals surface area contributed by atoms with Crippen LogP contribution in [-0.2, 0) is 4.79 Å². The van der Waals surface area contributed by atoms with E-state index in [1.54, 1.807) is 0 Å². The van der Waals surface area contributed by atoms with Crippen molar-refractivity contribution in [3.05, 3.63) is 29.3 Å². The first-order valence-corrected chi connectivity index (χ1v) is 6.85. The first-order valence-electron chi connectivity index (χ1n) is 6.44. The van der Waals surface area contributed by atoms with Crippen molar-refractivity contribution in [2.75, 3.05) is 5.32 Å². The normalized spacial score (nSPS) is 16.9. The van der Waals surface area contributed by atoms with Gasteiger partial charge in [0.05, 0.1) is 10.4 Å². The fourth-order valence-corrected chi connectivity index (χ4v) is 2.87. The van der Waals surface area contributed by atoms with Crippen molar-refractivity contribution in [3.8, 4) is 0 Å². The van der Waals surface area contributed by atoms with Crippen LogP contribution < -0.4 is 11.1 Å². The minimum absolute atomic E-state index is 0.0842. The van der Waals surface area contributed by atoms with Gasteiger partial charge in [-0.15, -0.1) is 0 Å². The van der Waals surface area contributed by atoms with Gasteiger partial charge < -0.3 is 11.1 Å². The van der Waals surface area contributed by atoms with Gasteiger partial charge in [-0.1, -0.05) is 31.1 Å². The molecule has 1 aromatic carbocycles. The average molecular weight is 298 g/mol. The number of amides is 1. The molecule has 6 heteroatoms. The van der Waals surface area contributed by atoms with Gasteiger partial charge in [0.15, 0.2) is 5.82 Å². The van der Waals surface area contributed by atoms with Gasteiger partial charge in [-0.2, -0.15) is 0 Å². The zero-order valence-corrected chi connectivity index (χ0v) is 11.9. The van der Waals surface area contributed by atoms with Gasteiger partial charge in [-0.05, 0) is 31.4 Å². The van der Waals surface area contributed by atoms with E-state index in [0.29, 0.717) is 12.8 Å². The molecular weight excluding hydrogens is 282 g/mol. The van der Waals surface area contributed by atoms with E-state index >= 15 is 0 Å². The summed E-state index contributed by atoms with van der Waals surface area (Å²) in [5, 5.41) is 2.33. The van der Waals surface area contributed by atoms with Crippen LogP contribution in [0.4, 0.5) is 14.5 Å². The monoisotopic (exact) mass is 298 g/mol. The van der Waals surface area contributed by atoms with Crippen LogP contribution in [0.25, 0.3) is 0 Å². The molecule has 1 saturated carbocycles. The van der Waals surface area contributed by atoms with Gasteiger partial charge in [0, 0.05) is 0 Å². The van der Waals surface area contributed by atoms with Gasteiger partial charge >= 0.3 is 0 Å². The molecule has 108 valence electrons. The summed E-state index contributed by atoms with van der Waals surface area (Å²) in [5.41, 5.74) is 4.52. The van der Waals surface area contributed by atoms with E-state index in [2.05, 4.69) is 5.32 Å². The molecule has 0 unspecified atom stereocenters. The Hall–Kier alpha value is -1.56. The third kappa shape index (κ3) is 2.40. The molecule has 0 saturated heterocycles. The molecule has 0 aromatic heterocycles. The molecule has 3 nitrogen and oxygen atoms in total. The largest absolute Gasteiger partial charge is 0.392 e. The van der Waals surface area contributed by atoms with Crippen molar-refractivity contribution >= 4 is 28.8 Å². The lowest BCUT2D eigenvalue weighted by Gasteiger charge is -2.26. The third-order valence-corrected chi connectivity index (χ3v) is 4.28. The van der Waals surface area contributed by atoms with Crippen molar-refractivity contribution < 1.29 is 13.6 Å². The molecule has 0 radical (unpaired) electrons. The first kappa shape index (κ1) is 14.8. The quantitative estimate of drug-likeness (QED) is 0.843. The van der Waals surface area contributed by atoms with Crippen LogP contribution in [0.5, 0.6) is 0 Å². The minimum atomic E-state index is -0.988. The Labute approximate surface area is 121 Å². The minimum Gasteiger partial charge on any atom is -0.392 e. The lowest BCUT2D eigenvalue weighted by atomic mass is 9.85. The van der Waals surface area contributed by atoms with E-state index in [1.165, 1.54) is 13.0 Å². The highest BCUT2D eigenvalue weighted by molar-refractivity contribution is 7.80. The van der Waals surface area contributed by atoms with Crippen molar-refractivity contribution in [2.45, 2.75) is 32.6 Å². The molecule has 3 N–H and O–H groups in total. The molecule has 1 fully saturated rings. The molecule has 1 amide bonds. The summed E-state index contributed by atoms with van der Waals surface area (Å²) in [6.45, 7) is 1.50. The second-order valence-corrected chi connectivity index (χ2v) is 5.60. The number of carbonyl (C=O) groups excluding carboxylic acids is 1. The number of hydrogen-bond donors (Lipinski definition) is 2. The summed E-state index contributed by atoms with van der Waals surface area (Å²) in [4.78, 5) is 12.5. The Morgan fingerprint density at radius 1 is 1.35 bits per heavy atom. The summed E-state index contributed by atoms with van der Waals surface area (Å²) in [6.07, 6.45) is 2.68. The number of aryl methyl sites for hydroxylation is 1. The fraction of sp³-hybridized carbons (Fsp3) is 0.429. The number of anilines is 1. The van der Waals surface area contributed by atoms with Crippen LogP contribution in [0, 0.1) is 24.0 Å². The number of hydrogen-bond acceptors (Lipinski definition) is 2. The second-order valence-electron chi connectivity index (χ2n) is 5.16. The van der Waals surface area contributed by atoms with Crippen LogP contribution in [-0.4, -0.2) is 10.9 Å². The predicted octanol–water partition coefficient (Wildman–Crippen LogP) is 3.06. The van der Waals surface area contributed by atoms with E-state index in [4.69, 9.17) is 18.0 Å². The number of carbonyl (C=O) groups is 1. The van der Waals surface area contributed by atoms with Crippen LogP contribution in [0.15, 0.2) is 12.1 Å². The Balaban J connectivity index is 2.32. The maximum atomic E-state index is 13.9. The summed E-state index contributed by atoms with van der Waals surface area (Å²) in [7, 11) is 0. The van der Waals surface area contributed by atoms with E-state index in [0.717, 1.165) is 18.9 Å². The van der Waals surface area contributed by atoms with Crippen molar-refractivity contribution in [2.24, 2.45) is 11.1 Å². The molecule has 0 heterocycles. The Kier molecular flexibility index (Phi) is 4.04. The number of halogens is 2. The number of benzene rings is 1. The standard InChI is InChI=1S/C14H16F2N2OS/c1-8-4-5-9(15)11(10(8)16)18-13(19)14(12(17)20)6-2-3-7-14/h4-5H,2-3,6-7H2,1H3,(H2,17,20)(H,18,19). The molecule has 0 aliphatic heterocycles. The van der Waals surface area contributed by atoms with Gasteiger partial charge in [0.1, 0.15) is 11.5 Å².